The van der Waals surface area contributed by atoms with Crippen molar-refractivity contribution in [3.63, 3.8) is 0 Å². The molecule has 2 amide bonds. The number of piperidine rings is 1. The van der Waals surface area contributed by atoms with Crippen LogP contribution in [-0.4, -0.2) is 63.8 Å². The minimum Gasteiger partial charge on any atom is -0.347 e. The van der Waals surface area contributed by atoms with Crippen LogP contribution in [0, 0.1) is 5.41 Å². The molecule has 0 bridgehead atoms. The molecule has 1 aliphatic heterocycles. The van der Waals surface area contributed by atoms with Gasteiger partial charge in [-0.05, 0) is 31.1 Å². The molecule has 0 aromatic carbocycles. The van der Waals surface area contributed by atoms with E-state index in [1.54, 1.807) is 20.3 Å². The van der Waals surface area contributed by atoms with Crippen LogP contribution in [0.25, 0.3) is 0 Å². The second-order valence-corrected chi connectivity index (χ2v) is 7.83. The zero-order valence-corrected chi connectivity index (χ0v) is 15.4. The van der Waals surface area contributed by atoms with Crippen molar-refractivity contribution >= 4 is 11.8 Å². The van der Waals surface area contributed by atoms with Crippen LogP contribution < -0.4 is 0 Å². The molecule has 25 heavy (non-hydrogen) atoms. The van der Waals surface area contributed by atoms with Gasteiger partial charge in [0.25, 0.3) is 5.91 Å². The number of nitrogens with zero attached hydrogens (tertiary/aromatic N) is 5. The lowest BCUT2D eigenvalue weighted by molar-refractivity contribution is -0.129. The van der Waals surface area contributed by atoms with Gasteiger partial charge in [0, 0.05) is 27.2 Å². The fraction of sp³-hybridized carbons (Fsp3) is 0.778. The summed E-state index contributed by atoms with van der Waals surface area (Å²) in [7, 11) is 3.40. The first kappa shape index (κ1) is 17.9. The van der Waals surface area contributed by atoms with Crippen LogP contribution in [0.4, 0.5) is 0 Å². The summed E-state index contributed by atoms with van der Waals surface area (Å²) in [4.78, 5) is 28.1. The third kappa shape index (κ3) is 4.19. The normalized spacial score (nSPS) is 20.3. The maximum Gasteiger partial charge on any atom is 0.276 e. The smallest absolute Gasteiger partial charge is 0.276 e. The van der Waals surface area contributed by atoms with Crippen LogP contribution in [0.5, 0.6) is 0 Å². The predicted molar refractivity (Wildman–Crippen MR) is 94.0 cm³/mol. The Balaban J connectivity index is 1.66. The Labute approximate surface area is 149 Å². The number of aromatic nitrogens is 3. The number of likely N-dealkylation sites (tertiary alicyclic amines) is 1. The van der Waals surface area contributed by atoms with E-state index in [0.29, 0.717) is 11.1 Å². The first-order valence-electron chi connectivity index (χ1n) is 9.39. The van der Waals surface area contributed by atoms with Crippen LogP contribution in [0.2, 0.25) is 0 Å². The molecule has 1 spiro atoms. The van der Waals surface area contributed by atoms with E-state index in [2.05, 4.69) is 10.3 Å². The van der Waals surface area contributed by atoms with E-state index in [1.165, 1.54) is 54.5 Å². The third-order valence-corrected chi connectivity index (χ3v) is 5.67. The Kier molecular flexibility index (Phi) is 5.39. The Morgan fingerprint density at radius 2 is 1.80 bits per heavy atom. The molecule has 1 aliphatic carbocycles. The summed E-state index contributed by atoms with van der Waals surface area (Å²) in [5.41, 5.74) is 0.651. The van der Waals surface area contributed by atoms with E-state index in [0.717, 1.165) is 19.5 Å². The van der Waals surface area contributed by atoms with Gasteiger partial charge in [0.1, 0.15) is 6.54 Å². The number of carbonyl (C=O) groups is 2. The maximum atomic E-state index is 12.9. The van der Waals surface area contributed by atoms with Crippen molar-refractivity contribution in [3.8, 4) is 0 Å². The van der Waals surface area contributed by atoms with E-state index < -0.39 is 0 Å². The molecule has 0 N–H and O–H groups in total. The maximum absolute atomic E-state index is 12.9. The number of hydrogen-bond acceptors (Lipinski definition) is 4. The first-order valence-corrected chi connectivity index (χ1v) is 9.39. The average Bonchev–Trinajstić information content (AvgIpc) is 2.95. The van der Waals surface area contributed by atoms with Crippen LogP contribution in [0.1, 0.15) is 61.9 Å². The van der Waals surface area contributed by atoms with Crippen molar-refractivity contribution in [1.29, 1.82) is 0 Å². The molecular weight excluding hydrogens is 318 g/mol. The fourth-order valence-corrected chi connectivity index (χ4v) is 4.18. The summed E-state index contributed by atoms with van der Waals surface area (Å²) in [5, 5.41) is 7.95. The first-order chi connectivity index (χ1) is 12.0. The van der Waals surface area contributed by atoms with Gasteiger partial charge in [-0.2, -0.15) is 0 Å². The number of rotatable bonds is 3. The molecule has 138 valence electrons. The molecule has 1 saturated heterocycles. The zero-order valence-electron chi connectivity index (χ0n) is 15.4. The fourth-order valence-electron chi connectivity index (χ4n) is 4.18. The van der Waals surface area contributed by atoms with Crippen LogP contribution in [-0.2, 0) is 11.3 Å². The molecule has 1 aromatic heterocycles. The molecule has 1 saturated carbocycles. The Morgan fingerprint density at radius 3 is 2.48 bits per heavy atom. The summed E-state index contributed by atoms with van der Waals surface area (Å²) < 4.78 is 1.45. The lowest BCUT2D eigenvalue weighted by Crippen LogP contribution is -2.46. The van der Waals surface area contributed by atoms with Gasteiger partial charge in [0.15, 0.2) is 5.69 Å². The lowest BCUT2D eigenvalue weighted by atomic mass is 9.74. The van der Waals surface area contributed by atoms with Crippen molar-refractivity contribution in [1.82, 2.24) is 24.8 Å². The molecule has 7 heteroatoms. The van der Waals surface area contributed by atoms with E-state index >= 15 is 0 Å². The van der Waals surface area contributed by atoms with Gasteiger partial charge in [-0.25, -0.2) is 4.68 Å². The van der Waals surface area contributed by atoms with Crippen LogP contribution in [0.3, 0.4) is 0 Å². The van der Waals surface area contributed by atoms with Gasteiger partial charge in [-0.1, -0.05) is 30.9 Å². The molecule has 0 unspecified atom stereocenters. The second kappa shape index (κ2) is 7.54. The van der Waals surface area contributed by atoms with Gasteiger partial charge >= 0.3 is 0 Å². The highest BCUT2D eigenvalue weighted by molar-refractivity contribution is 5.92. The van der Waals surface area contributed by atoms with Gasteiger partial charge in [0.2, 0.25) is 5.91 Å². The van der Waals surface area contributed by atoms with Crippen molar-refractivity contribution < 1.29 is 9.59 Å². The summed E-state index contributed by atoms with van der Waals surface area (Å²) >= 11 is 0. The number of amides is 2. The SMILES string of the molecule is CN(C)C(=O)Cn1cc(C(=O)N2CCCC3(CCCCCC3)C2)nn1. The van der Waals surface area contributed by atoms with Crippen LogP contribution in [0.15, 0.2) is 6.20 Å². The predicted octanol–water partition coefficient (Wildman–Crippen LogP) is 1.94. The van der Waals surface area contributed by atoms with Crippen molar-refractivity contribution in [2.45, 2.75) is 57.9 Å². The monoisotopic (exact) mass is 347 g/mol. The molecule has 1 aromatic rings. The molecule has 0 radical (unpaired) electrons. The minimum atomic E-state index is -0.0701. The van der Waals surface area contributed by atoms with E-state index in [1.807, 2.05) is 4.90 Å². The Hall–Kier alpha value is -1.92. The van der Waals surface area contributed by atoms with Crippen molar-refractivity contribution in [2.75, 3.05) is 27.2 Å². The van der Waals surface area contributed by atoms with Gasteiger partial charge < -0.3 is 9.80 Å². The summed E-state index contributed by atoms with van der Waals surface area (Å²) in [6.45, 7) is 1.75. The third-order valence-electron chi connectivity index (χ3n) is 5.67. The largest absolute Gasteiger partial charge is 0.347 e. The van der Waals surface area contributed by atoms with Gasteiger partial charge in [-0.3, -0.25) is 9.59 Å². The second-order valence-electron chi connectivity index (χ2n) is 7.83. The highest BCUT2D eigenvalue weighted by Crippen LogP contribution is 2.42. The van der Waals surface area contributed by atoms with E-state index in [-0.39, 0.29) is 18.4 Å². The zero-order chi connectivity index (χ0) is 17.9. The van der Waals surface area contributed by atoms with Gasteiger partial charge in [0.05, 0.1) is 6.20 Å². The van der Waals surface area contributed by atoms with Gasteiger partial charge in [-0.15, -0.1) is 5.10 Å². The summed E-state index contributed by atoms with van der Waals surface area (Å²) in [6, 6.07) is 0. The molecule has 2 aliphatic rings. The molecule has 0 atom stereocenters. The minimum absolute atomic E-state index is 0.0492. The molecule has 2 fully saturated rings. The van der Waals surface area contributed by atoms with Crippen molar-refractivity contribution in [3.05, 3.63) is 11.9 Å². The standard InChI is InChI=1S/C18H29N5O2/c1-21(2)16(24)13-23-12-15(19-20-23)17(25)22-11-7-10-18(14-22)8-5-3-4-6-9-18/h12H,3-11,13-14H2,1-2H3. The highest BCUT2D eigenvalue weighted by atomic mass is 16.2. The van der Waals surface area contributed by atoms with Crippen LogP contribution >= 0.6 is 0 Å². The highest BCUT2D eigenvalue weighted by Gasteiger charge is 2.37. The molecular formula is C18H29N5O2. The molecule has 2 heterocycles. The lowest BCUT2D eigenvalue weighted by Gasteiger charge is -2.42. The Bertz CT molecular complexity index is 617. The average molecular weight is 347 g/mol. The van der Waals surface area contributed by atoms with E-state index in [4.69, 9.17) is 0 Å². The Morgan fingerprint density at radius 1 is 1.12 bits per heavy atom. The summed E-state index contributed by atoms with van der Waals surface area (Å²) in [6.07, 6.45) is 11.6. The molecule has 7 nitrogen and oxygen atoms in total. The topological polar surface area (TPSA) is 71.3 Å². The van der Waals surface area contributed by atoms with E-state index in [9.17, 15) is 9.59 Å². The number of carbonyl (C=O) groups excluding carboxylic acids is 2. The molecule has 3 rings (SSSR count). The quantitative estimate of drug-likeness (QED) is 0.838. The number of likely N-dealkylation sites (N-methyl/N-ethyl adjacent to an activating group) is 1. The summed E-state index contributed by atoms with van der Waals surface area (Å²) in [5.74, 6) is -0.119. The number of hydrogen-bond donors (Lipinski definition) is 0. The van der Waals surface area contributed by atoms with Crippen molar-refractivity contribution in [2.24, 2.45) is 5.41 Å².